The number of guanidine groups is 1. The normalized spacial score (nSPS) is 15.5. The van der Waals surface area contributed by atoms with Crippen LogP contribution in [0.2, 0.25) is 0 Å². The first-order valence-electron chi connectivity index (χ1n) is 8.96. The van der Waals surface area contributed by atoms with Crippen molar-refractivity contribution in [2.24, 2.45) is 4.99 Å². The second-order valence-corrected chi connectivity index (χ2v) is 6.54. The summed E-state index contributed by atoms with van der Waals surface area (Å²) in [5, 5.41) is 6.87. The molecule has 2 aromatic carbocycles. The van der Waals surface area contributed by atoms with Gasteiger partial charge < -0.3 is 15.4 Å². The van der Waals surface area contributed by atoms with E-state index in [0.29, 0.717) is 6.54 Å². The van der Waals surface area contributed by atoms with Crippen LogP contribution in [0.1, 0.15) is 30.9 Å². The third kappa shape index (κ3) is 4.53. The fourth-order valence-corrected chi connectivity index (χ4v) is 3.01. The molecule has 25 heavy (non-hydrogen) atoms. The van der Waals surface area contributed by atoms with Crippen LogP contribution in [0.4, 0.5) is 0 Å². The van der Waals surface area contributed by atoms with Crippen molar-refractivity contribution >= 4 is 5.96 Å². The van der Waals surface area contributed by atoms with Gasteiger partial charge in [0.15, 0.2) is 5.96 Å². The molecule has 0 aliphatic heterocycles. The molecule has 0 radical (unpaired) electrons. The van der Waals surface area contributed by atoms with E-state index >= 15 is 0 Å². The number of aliphatic imine (C=N–C) groups is 1. The molecule has 3 rings (SSSR count). The predicted octanol–water partition coefficient (Wildman–Crippen LogP) is 3.48. The summed E-state index contributed by atoms with van der Waals surface area (Å²) in [7, 11) is 1.68. The fraction of sp³-hybridized carbons (Fsp3) is 0.381. The summed E-state index contributed by atoms with van der Waals surface area (Å²) in [4.78, 5) is 4.72. The molecule has 0 spiro atoms. The Kier molecular flexibility index (Phi) is 5.59. The van der Waals surface area contributed by atoms with Gasteiger partial charge in [0.25, 0.3) is 0 Å². The third-order valence-electron chi connectivity index (χ3n) is 4.76. The number of nitrogens with zero attached hydrogens (tertiary/aromatic N) is 1. The number of rotatable bonds is 7. The first-order chi connectivity index (χ1) is 12.3. The Morgan fingerprint density at radius 1 is 1.04 bits per heavy atom. The second-order valence-electron chi connectivity index (χ2n) is 6.54. The van der Waals surface area contributed by atoms with Gasteiger partial charge in [0, 0.05) is 18.5 Å². The Morgan fingerprint density at radius 2 is 1.76 bits per heavy atom. The minimum Gasteiger partial charge on any atom is -0.497 e. The maximum absolute atomic E-state index is 5.20. The highest BCUT2D eigenvalue weighted by Gasteiger charge is 2.43. The Bertz CT molecular complexity index is 691. The smallest absolute Gasteiger partial charge is 0.191 e. The molecule has 2 N–H and O–H groups in total. The van der Waals surface area contributed by atoms with Gasteiger partial charge in [-0.25, -0.2) is 4.99 Å². The lowest BCUT2D eigenvalue weighted by Gasteiger charge is -2.19. The lowest BCUT2D eigenvalue weighted by atomic mass is 9.96. The molecule has 4 heteroatoms. The molecule has 4 nitrogen and oxygen atoms in total. The summed E-state index contributed by atoms with van der Waals surface area (Å²) >= 11 is 0. The van der Waals surface area contributed by atoms with Gasteiger partial charge >= 0.3 is 0 Å². The molecule has 0 amide bonds. The minimum absolute atomic E-state index is 0.275. The lowest BCUT2D eigenvalue weighted by molar-refractivity contribution is 0.414. The van der Waals surface area contributed by atoms with Crippen LogP contribution in [0.5, 0.6) is 5.75 Å². The fourth-order valence-electron chi connectivity index (χ4n) is 3.01. The van der Waals surface area contributed by atoms with Gasteiger partial charge in [0.2, 0.25) is 0 Å². The minimum atomic E-state index is 0.275. The van der Waals surface area contributed by atoms with Crippen molar-refractivity contribution in [2.45, 2.75) is 31.7 Å². The molecule has 0 heterocycles. The number of nitrogens with one attached hydrogen (secondary N) is 2. The van der Waals surface area contributed by atoms with Gasteiger partial charge in [0.05, 0.1) is 13.7 Å². The molecule has 0 aromatic heterocycles. The zero-order chi connectivity index (χ0) is 17.5. The maximum Gasteiger partial charge on any atom is 0.191 e. The number of benzene rings is 2. The van der Waals surface area contributed by atoms with Crippen LogP contribution in [-0.2, 0) is 12.0 Å². The van der Waals surface area contributed by atoms with Crippen LogP contribution in [0.15, 0.2) is 59.6 Å². The molecule has 0 atom stereocenters. The maximum atomic E-state index is 5.20. The molecule has 2 aromatic rings. The van der Waals surface area contributed by atoms with Gasteiger partial charge in [-0.1, -0.05) is 42.5 Å². The van der Waals surface area contributed by atoms with E-state index in [2.05, 4.69) is 60.0 Å². The van der Waals surface area contributed by atoms with Crippen molar-refractivity contribution in [2.75, 3.05) is 20.2 Å². The van der Waals surface area contributed by atoms with Crippen LogP contribution in [0.3, 0.4) is 0 Å². The SMILES string of the molecule is CCNC(=NCc1ccc(OC)cc1)NCC1(c2ccccc2)CC1. The second kappa shape index (κ2) is 8.06. The highest BCUT2D eigenvalue weighted by atomic mass is 16.5. The lowest BCUT2D eigenvalue weighted by Crippen LogP contribution is -2.41. The summed E-state index contributed by atoms with van der Waals surface area (Å²) in [5.74, 6) is 1.75. The molecule has 132 valence electrons. The zero-order valence-corrected chi connectivity index (χ0v) is 15.1. The van der Waals surface area contributed by atoms with Crippen LogP contribution < -0.4 is 15.4 Å². The van der Waals surface area contributed by atoms with Crippen molar-refractivity contribution < 1.29 is 4.74 Å². The van der Waals surface area contributed by atoms with Crippen molar-refractivity contribution in [3.05, 3.63) is 65.7 Å². The van der Waals surface area contributed by atoms with E-state index in [0.717, 1.165) is 24.8 Å². The first-order valence-corrected chi connectivity index (χ1v) is 8.96. The Labute approximate surface area is 150 Å². The number of hydrogen-bond acceptors (Lipinski definition) is 2. The predicted molar refractivity (Wildman–Crippen MR) is 103 cm³/mol. The van der Waals surface area contributed by atoms with E-state index in [1.165, 1.54) is 24.0 Å². The van der Waals surface area contributed by atoms with Crippen LogP contribution in [-0.4, -0.2) is 26.2 Å². The van der Waals surface area contributed by atoms with Gasteiger partial charge in [-0.2, -0.15) is 0 Å². The topological polar surface area (TPSA) is 45.7 Å². The third-order valence-corrected chi connectivity index (χ3v) is 4.76. The standard InChI is InChI=1S/C21H27N3O/c1-3-22-20(23-15-17-9-11-19(25-2)12-10-17)24-16-21(13-14-21)18-7-5-4-6-8-18/h4-12H,3,13-16H2,1-2H3,(H2,22,23,24). The van der Waals surface area contributed by atoms with Gasteiger partial charge in [-0.3, -0.25) is 0 Å². The molecule has 1 aliphatic rings. The zero-order valence-electron chi connectivity index (χ0n) is 15.1. The number of methoxy groups -OCH3 is 1. The van der Waals surface area contributed by atoms with E-state index in [4.69, 9.17) is 9.73 Å². The summed E-state index contributed by atoms with van der Waals surface area (Å²) in [6, 6.07) is 18.8. The average Bonchev–Trinajstić information content (AvgIpc) is 3.46. The summed E-state index contributed by atoms with van der Waals surface area (Å²) in [5.41, 5.74) is 2.87. The Balaban J connectivity index is 1.61. The summed E-state index contributed by atoms with van der Waals surface area (Å²) in [6.07, 6.45) is 2.48. The van der Waals surface area contributed by atoms with Crippen molar-refractivity contribution in [1.29, 1.82) is 0 Å². The van der Waals surface area contributed by atoms with E-state index in [1.807, 2.05) is 12.1 Å². The quantitative estimate of drug-likeness (QED) is 0.600. The van der Waals surface area contributed by atoms with E-state index in [9.17, 15) is 0 Å². The van der Waals surface area contributed by atoms with E-state index in [-0.39, 0.29) is 5.41 Å². The van der Waals surface area contributed by atoms with Crippen molar-refractivity contribution in [3.63, 3.8) is 0 Å². The molecular formula is C21H27N3O. The van der Waals surface area contributed by atoms with Crippen LogP contribution in [0, 0.1) is 0 Å². The monoisotopic (exact) mass is 337 g/mol. The van der Waals surface area contributed by atoms with Crippen LogP contribution >= 0.6 is 0 Å². The number of hydrogen-bond donors (Lipinski definition) is 2. The molecule has 1 aliphatic carbocycles. The van der Waals surface area contributed by atoms with Gasteiger partial charge in [0.1, 0.15) is 5.75 Å². The highest BCUT2D eigenvalue weighted by Crippen LogP contribution is 2.47. The van der Waals surface area contributed by atoms with E-state index in [1.54, 1.807) is 7.11 Å². The molecule has 0 unspecified atom stereocenters. The highest BCUT2D eigenvalue weighted by molar-refractivity contribution is 5.80. The van der Waals surface area contributed by atoms with E-state index < -0.39 is 0 Å². The average molecular weight is 337 g/mol. The largest absolute Gasteiger partial charge is 0.497 e. The number of ether oxygens (including phenoxy) is 1. The first kappa shape index (κ1) is 17.3. The van der Waals surface area contributed by atoms with Gasteiger partial charge in [-0.05, 0) is 43.0 Å². The van der Waals surface area contributed by atoms with Gasteiger partial charge in [-0.15, -0.1) is 0 Å². The molecular weight excluding hydrogens is 310 g/mol. The van der Waals surface area contributed by atoms with Crippen LogP contribution in [0.25, 0.3) is 0 Å². The molecule has 0 bridgehead atoms. The molecule has 1 saturated carbocycles. The summed E-state index contributed by atoms with van der Waals surface area (Å²) < 4.78 is 5.20. The summed E-state index contributed by atoms with van der Waals surface area (Å²) in [6.45, 7) is 4.52. The van der Waals surface area contributed by atoms with Crippen molar-refractivity contribution in [1.82, 2.24) is 10.6 Å². The Hall–Kier alpha value is -2.49. The van der Waals surface area contributed by atoms with Crippen molar-refractivity contribution in [3.8, 4) is 5.75 Å². The molecule has 0 saturated heterocycles. The Morgan fingerprint density at radius 3 is 2.36 bits per heavy atom. The molecule has 1 fully saturated rings.